The zero-order valence-electron chi connectivity index (χ0n) is 17.7. The molecule has 4 rings (SSSR count). The number of rotatable bonds is 5. The van der Waals surface area contributed by atoms with Gasteiger partial charge in [-0.2, -0.15) is 0 Å². The van der Waals surface area contributed by atoms with Crippen LogP contribution in [0, 0.1) is 0 Å². The topological polar surface area (TPSA) is 111 Å². The lowest BCUT2D eigenvalue weighted by Gasteiger charge is -2.34. The van der Waals surface area contributed by atoms with Gasteiger partial charge in [-0.05, 0) is 49.2 Å². The molecular formula is C23H28ClN5O3. The van der Waals surface area contributed by atoms with Crippen LogP contribution in [0.4, 0.5) is 16.2 Å². The van der Waals surface area contributed by atoms with Gasteiger partial charge in [-0.25, -0.2) is 4.79 Å². The van der Waals surface area contributed by atoms with E-state index in [4.69, 9.17) is 17.3 Å². The minimum atomic E-state index is -0.619. The van der Waals surface area contributed by atoms with Gasteiger partial charge in [0.25, 0.3) is 5.91 Å². The molecule has 0 spiro atoms. The normalized spacial score (nSPS) is 21.6. The van der Waals surface area contributed by atoms with Crippen molar-refractivity contribution < 1.29 is 14.7 Å². The summed E-state index contributed by atoms with van der Waals surface area (Å²) in [5.74, 6) is 0.0192. The van der Waals surface area contributed by atoms with Crippen LogP contribution in [-0.4, -0.2) is 66.3 Å². The average Bonchev–Trinajstić information content (AvgIpc) is 3.14. The van der Waals surface area contributed by atoms with Crippen molar-refractivity contribution in [2.24, 2.45) is 5.73 Å². The number of amides is 3. The standard InChI is InChI=1S/C23H28ClN5O3/c24-16-7-5-15(6-8-16)22(31)28-11-9-17(10-12-28)26-19-13-29(14-21(19)30)20-4-2-1-3-18(20)27-23(25)32/h1-8,17,19,21,26,30H,9-14H2,(H3,25,27,32)/t19-,21-/m0/s1. The van der Waals surface area contributed by atoms with Gasteiger partial charge in [0, 0.05) is 42.8 Å². The molecule has 2 aromatic carbocycles. The highest BCUT2D eigenvalue weighted by Crippen LogP contribution is 2.29. The number of nitrogens with zero attached hydrogens (tertiary/aromatic N) is 2. The van der Waals surface area contributed by atoms with E-state index in [9.17, 15) is 14.7 Å². The molecule has 0 aromatic heterocycles. The third kappa shape index (κ3) is 5.15. The fraction of sp³-hybridized carbons (Fsp3) is 0.391. The van der Waals surface area contributed by atoms with Crippen molar-refractivity contribution in [2.75, 3.05) is 36.4 Å². The molecule has 2 aromatic rings. The van der Waals surface area contributed by atoms with E-state index in [0.717, 1.165) is 18.5 Å². The average molecular weight is 458 g/mol. The number of carbonyl (C=O) groups excluding carboxylic acids is 2. The van der Waals surface area contributed by atoms with Crippen molar-refractivity contribution in [3.05, 3.63) is 59.1 Å². The predicted molar refractivity (Wildman–Crippen MR) is 125 cm³/mol. The summed E-state index contributed by atoms with van der Waals surface area (Å²) >= 11 is 5.91. The Balaban J connectivity index is 1.32. The molecule has 2 aliphatic rings. The van der Waals surface area contributed by atoms with Gasteiger partial charge in [-0.3, -0.25) is 4.79 Å². The Bertz CT molecular complexity index is 962. The van der Waals surface area contributed by atoms with Crippen molar-refractivity contribution in [2.45, 2.75) is 31.0 Å². The fourth-order valence-corrected chi connectivity index (χ4v) is 4.59. The first-order valence-electron chi connectivity index (χ1n) is 10.8. The number of urea groups is 1. The number of hydrogen-bond acceptors (Lipinski definition) is 5. The zero-order chi connectivity index (χ0) is 22.7. The molecule has 2 atom stereocenters. The van der Waals surface area contributed by atoms with Gasteiger partial charge >= 0.3 is 6.03 Å². The summed E-state index contributed by atoms with van der Waals surface area (Å²) in [6.07, 6.45) is 1.11. The molecule has 3 amide bonds. The van der Waals surface area contributed by atoms with Crippen LogP contribution in [0.25, 0.3) is 0 Å². The second-order valence-electron chi connectivity index (χ2n) is 8.33. The number of hydrogen-bond donors (Lipinski definition) is 4. The second-order valence-corrected chi connectivity index (χ2v) is 8.76. The summed E-state index contributed by atoms with van der Waals surface area (Å²) < 4.78 is 0. The molecule has 0 saturated carbocycles. The molecule has 170 valence electrons. The number of benzene rings is 2. The second kappa shape index (κ2) is 9.77. The monoisotopic (exact) mass is 457 g/mol. The lowest BCUT2D eigenvalue weighted by atomic mass is 10.0. The van der Waals surface area contributed by atoms with Crippen LogP contribution in [0.5, 0.6) is 0 Å². The van der Waals surface area contributed by atoms with E-state index in [1.807, 2.05) is 28.0 Å². The van der Waals surface area contributed by atoms with Gasteiger partial charge in [-0.15, -0.1) is 0 Å². The van der Waals surface area contributed by atoms with E-state index >= 15 is 0 Å². The number of piperidine rings is 1. The maximum absolute atomic E-state index is 12.7. The third-order valence-corrected chi connectivity index (χ3v) is 6.37. The predicted octanol–water partition coefficient (Wildman–Crippen LogP) is 2.27. The van der Waals surface area contributed by atoms with Crippen LogP contribution in [0.1, 0.15) is 23.2 Å². The van der Waals surface area contributed by atoms with E-state index in [0.29, 0.717) is 42.5 Å². The molecule has 8 nitrogen and oxygen atoms in total. The van der Waals surface area contributed by atoms with Crippen molar-refractivity contribution in [3.63, 3.8) is 0 Å². The number of aliphatic hydroxyl groups is 1. The molecule has 2 fully saturated rings. The van der Waals surface area contributed by atoms with Crippen LogP contribution in [0.3, 0.4) is 0 Å². The lowest BCUT2D eigenvalue weighted by molar-refractivity contribution is 0.0691. The number of nitrogens with one attached hydrogen (secondary N) is 2. The summed E-state index contributed by atoms with van der Waals surface area (Å²) in [6, 6.07) is 13.9. The highest BCUT2D eigenvalue weighted by atomic mass is 35.5. The SMILES string of the molecule is NC(=O)Nc1ccccc1N1C[C@H](NC2CCN(C(=O)c3ccc(Cl)cc3)CC2)[C@@H](O)C1. The summed E-state index contributed by atoms with van der Waals surface area (Å²) in [4.78, 5) is 27.9. The molecule has 32 heavy (non-hydrogen) atoms. The molecule has 2 heterocycles. The lowest BCUT2D eigenvalue weighted by Crippen LogP contribution is -2.50. The molecule has 0 radical (unpaired) electrons. The van der Waals surface area contributed by atoms with Crippen molar-refractivity contribution >= 4 is 34.9 Å². The van der Waals surface area contributed by atoms with Gasteiger partial charge in [0.1, 0.15) is 0 Å². The van der Waals surface area contributed by atoms with Gasteiger partial charge in [-0.1, -0.05) is 23.7 Å². The molecular weight excluding hydrogens is 430 g/mol. The van der Waals surface area contributed by atoms with Crippen LogP contribution in [-0.2, 0) is 0 Å². The number of aliphatic hydroxyl groups excluding tert-OH is 1. The third-order valence-electron chi connectivity index (χ3n) is 6.11. The largest absolute Gasteiger partial charge is 0.390 e. The minimum absolute atomic E-state index is 0.0192. The number of para-hydroxylation sites is 2. The Morgan fingerprint density at radius 2 is 1.72 bits per heavy atom. The highest BCUT2D eigenvalue weighted by Gasteiger charge is 2.35. The Kier molecular flexibility index (Phi) is 6.83. The fourth-order valence-electron chi connectivity index (χ4n) is 4.46. The molecule has 2 saturated heterocycles. The summed E-state index contributed by atoms with van der Waals surface area (Å²) in [6.45, 7) is 2.40. The zero-order valence-corrected chi connectivity index (χ0v) is 18.5. The molecule has 9 heteroatoms. The first kappa shape index (κ1) is 22.4. The number of β-amino-alcohol motifs (C(OH)–C–C–N with tert-alkyl or cyclic N) is 1. The van der Waals surface area contributed by atoms with Gasteiger partial charge in [0.05, 0.1) is 23.5 Å². The number of primary amides is 1. The Labute approximate surface area is 192 Å². The Hall–Kier alpha value is -2.81. The molecule has 0 bridgehead atoms. The van der Waals surface area contributed by atoms with E-state index in [1.54, 1.807) is 30.3 Å². The van der Waals surface area contributed by atoms with E-state index < -0.39 is 12.1 Å². The summed E-state index contributed by atoms with van der Waals surface area (Å²) in [5, 5.41) is 17.5. The maximum Gasteiger partial charge on any atom is 0.316 e. The smallest absolute Gasteiger partial charge is 0.316 e. The Morgan fingerprint density at radius 3 is 2.41 bits per heavy atom. The van der Waals surface area contributed by atoms with Crippen LogP contribution >= 0.6 is 11.6 Å². The van der Waals surface area contributed by atoms with Crippen LogP contribution in [0.2, 0.25) is 5.02 Å². The maximum atomic E-state index is 12.7. The first-order chi connectivity index (χ1) is 15.4. The van der Waals surface area contributed by atoms with Crippen molar-refractivity contribution in [3.8, 4) is 0 Å². The summed E-state index contributed by atoms with van der Waals surface area (Å²) in [5.41, 5.74) is 7.38. The number of likely N-dealkylation sites (tertiary alicyclic amines) is 1. The number of halogens is 1. The molecule has 0 unspecified atom stereocenters. The van der Waals surface area contributed by atoms with Crippen molar-refractivity contribution in [1.29, 1.82) is 0 Å². The number of anilines is 2. The quantitative estimate of drug-likeness (QED) is 0.550. The molecule has 2 aliphatic heterocycles. The minimum Gasteiger partial charge on any atom is -0.390 e. The van der Waals surface area contributed by atoms with E-state index in [2.05, 4.69) is 10.6 Å². The Morgan fingerprint density at radius 1 is 1.03 bits per heavy atom. The molecule has 5 N–H and O–H groups in total. The van der Waals surface area contributed by atoms with Crippen LogP contribution in [0.15, 0.2) is 48.5 Å². The molecule has 0 aliphatic carbocycles. The van der Waals surface area contributed by atoms with Gasteiger partial charge in [0.2, 0.25) is 0 Å². The van der Waals surface area contributed by atoms with Crippen molar-refractivity contribution in [1.82, 2.24) is 10.2 Å². The highest BCUT2D eigenvalue weighted by molar-refractivity contribution is 6.30. The number of nitrogens with two attached hydrogens (primary N) is 1. The first-order valence-corrected chi connectivity index (χ1v) is 11.2. The van der Waals surface area contributed by atoms with Gasteiger partial charge < -0.3 is 31.3 Å². The number of carbonyl (C=O) groups is 2. The van der Waals surface area contributed by atoms with Gasteiger partial charge in [0.15, 0.2) is 0 Å². The van der Waals surface area contributed by atoms with E-state index in [-0.39, 0.29) is 18.0 Å². The van der Waals surface area contributed by atoms with E-state index in [1.165, 1.54) is 0 Å². The van der Waals surface area contributed by atoms with Crippen LogP contribution < -0.4 is 21.3 Å². The summed E-state index contributed by atoms with van der Waals surface area (Å²) in [7, 11) is 0.